The lowest BCUT2D eigenvalue weighted by atomic mass is 10.5. The van der Waals surface area contributed by atoms with Crippen molar-refractivity contribution < 1.29 is 0 Å². The monoisotopic (exact) mass is 103 g/mol. The molecule has 3 heteroatoms. The van der Waals surface area contributed by atoms with Gasteiger partial charge in [0.1, 0.15) is 0 Å². The Hall–Kier alpha value is -1.79. The van der Waals surface area contributed by atoms with E-state index in [4.69, 9.17) is 17.1 Å². The summed E-state index contributed by atoms with van der Waals surface area (Å²) in [5.41, 5.74) is -0.174. The second-order valence-electron chi connectivity index (χ2n) is 0.882. The molecule has 0 saturated carbocycles. The van der Waals surface area contributed by atoms with Gasteiger partial charge in [0.15, 0.2) is 0 Å². The normalized spacial score (nSPS) is 8.38. The second kappa shape index (κ2) is 3.40. The van der Waals surface area contributed by atoms with Crippen LogP contribution in [0, 0.1) is 29.2 Å². The summed E-state index contributed by atoms with van der Waals surface area (Å²) in [5.74, 6) is 0. The van der Waals surface area contributed by atoms with E-state index in [1.54, 1.807) is 6.07 Å². The number of nitrogens with zero attached hydrogens (tertiary/aromatic N) is 3. The number of rotatable bonds is 0. The van der Waals surface area contributed by atoms with Crippen molar-refractivity contribution in [2.75, 3.05) is 0 Å². The van der Waals surface area contributed by atoms with Gasteiger partial charge in [-0.15, -0.1) is 0 Å². The van der Waals surface area contributed by atoms with Crippen LogP contribution < -0.4 is 0 Å². The molecular formula is C5HN3. The Kier molecular flexibility index (Phi) is 2.64. The molecular weight excluding hydrogens is 102 g/mol. The maximum Gasteiger partial charge on any atom is 0.272 e. The standard InChI is InChI=1S/C5HN3/c1-8-5(4-7)2-3-6/h2H/b5-2+. The molecule has 0 atom stereocenters. The molecule has 0 aromatic rings. The highest BCUT2D eigenvalue weighted by atomic mass is 14.7. The first-order chi connectivity index (χ1) is 3.85. The Morgan fingerprint density at radius 3 is 2.38 bits per heavy atom. The molecule has 0 bridgehead atoms. The van der Waals surface area contributed by atoms with Crippen LogP contribution in [-0.2, 0) is 0 Å². The molecule has 0 heterocycles. The summed E-state index contributed by atoms with van der Waals surface area (Å²) in [4.78, 5) is 2.72. The van der Waals surface area contributed by atoms with Gasteiger partial charge in [-0.05, 0) is 0 Å². The van der Waals surface area contributed by atoms with E-state index in [1.165, 1.54) is 6.07 Å². The fourth-order valence-electron chi connectivity index (χ4n) is 0.151. The summed E-state index contributed by atoms with van der Waals surface area (Å²) in [6, 6.07) is 3.11. The van der Waals surface area contributed by atoms with Crippen LogP contribution in [0.5, 0.6) is 0 Å². The third kappa shape index (κ3) is 1.60. The maximum absolute atomic E-state index is 7.97. The minimum absolute atomic E-state index is 0.174. The Labute approximate surface area is 46.9 Å². The van der Waals surface area contributed by atoms with E-state index in [0.717, 1.165) is 6.08 Å². The van der Waals surface area contributed by atoms with Crippen molar-refractivity contribution in [1.82, 2.24) is 0 Å². The van der Waals surface area contributed by atoms with Crippen LogP contribution >= 0.6 is 0 Å². The van der Waals surface area contributed by atoms with Gasteiger partial charge in [-0.3, -0.25) is 0 Å². The zero-order valence-corrected chi connectivity index (χ0v) is 3.92. The van der Waals surface area contributed by atoms with Crippen LogP contribution in [0.25, 0.3) is 4.85 Å². The minimum atomic E-state index is -0.174. The van der Waals surface area contributed by atoms with Crippen LogP contribution in [0.3, 0.4) is 0 Å². The van der Waals surface area contributed by atoms with Crippen LogP contribution in [0.15, 0.2) is 11.8 Å². The molecule has 0 aliphatic carbocycles. The molecule has 36 valence electrons. The van der Waals surface area contributed by atoms with Gasteiger partial charge in [0.2, 0.25) is 0 Å². The van der Waals surface area contributed by atoms with E-state index < -0.39 is 0 Å². The highest BCUT2D eigenvalue weighted by Gasteiger charge is 1.85. The summed E-state index contributed by atoms with van der Waals surface area (Å²) < 4.78 is 0. The highest BCUT2D eigenvalue weighted by molar-refractivity contribution is 5.31. The van der Waals surface area contributed by atoms with Crippen molar-refractivity contribution in [2.24, 2.45) is 0 Å². The zero-order chi connectivity index (χ0) is 6.41. The van der Waals surface area contributed by atoms with Gasteiger partial charge in [-0.2, -0.15) is 5.26 Å². The quantitative estimate of drug-likeness (QED) is 0.337. The number of hydrogen-bond donors (Lipinski definition) is 0. The molecule has 0 amide bonds. The Bertz CT molecular complexity index is 202. The third-order valence-corrected chi connectivity index (χ3v) is 0.436. The summed E-state index contributed by atoms with van der Waals surface area (Å²) >= 11 is 0. The molecule has 0 aromatic carbocycles. The summed E-state index contributed by atoms with van der Waals surface area (Å²) in [7, 11) is 0. The first kappa shape index (κ1) is 6.21. The van der Waals surface area contributed by atoms with Crippen molar-refractivity contribution in [1.29, 1.82) is 10.5 Å². The van der Waals surface area contributed by atoms with E-state index in [1.807, 2.05) is 0 Å². The highest BCUT2D eigenvalue weighted by Crippen LogP contribution is 1.89. The average molecular weight is 103 g/mol. The topological polar surface area (TPSA) is 51.9 Å². The fourth-order valence-corrected chi connectivity index (χ4v) is 0.151. The van der Waals surface area contributed by atoms with Gasteiger partial charge in [0, 0.05) is 6.08 Å². The van der Waals surface area contributed by atoms with E-state index in [9.17, 15) is 0 Å². The molecule has 3 nitrogen and oxygen atoms in total. The van der Waals surface area contributed by atoms with E-state index in [2.05, 4.69) is 4.85 Å². The zero-order valence-electron chi connectivity index (χ0n) is 3.92. The molecule has 0 aliphatic heterocycles. The van der Waals surface area contributed by atoms with Crippen LogP contribution in [0.4, 0.5) is 0 Å². The van der Waals surface area contributed by atoms with Crippen molar-refractivity contribution in [3.05, 3.63) is 23.2 Å². The van der Waals surface area contributed by atoms with Crippen molar-refractivity contribution >= 4 is 0 Å². The molecule has 0 N–H and O–H groups in total. The van der Waals surface area contributed by atoms with Crippen LogP contribution in [0.2, 0.25) is 0 Å². The predicted molar refractivity (Wildman–Crippen MR) is 25.9 cm³/mol. The smallest absolute Gasteiger partial charge is 0.226 e. The molecule has 0 unspecified atom stereocenters. The van der Waals surface area contributed by atoms with Gasteiger partial charge in [0.25, 0.3) is 5.70 Å². The predicted octanol–water partition coefficient (Wildman–Crippen LogP) is 0.837. The number of allylic oxidation sites excluding steroid dienone is 2. The lowest BCUT2D eigenvalue weighted by Crippen LogP contribution is -1.61. The fraction of sp³-hybridized carbons (Fsp3) is 0. The van der Waals surface area contributed by atoms with Crippen LogP contribution in [0.1, 0.15) is 0 Å². The summed E-state index contributed by atoms with van der Waals surface area (Å²) in [5, 5.41) is 15.9. The molecule has 0 fully saturated rings. The van der Waals surface area contributed by atoms with Crippen molar-refractivity contribution in [3.63, 3.8) is 0 Å². The Morgan fingerprint density at radius 1 is 1.62 bits per heavy atom. The number of hydrogen-bond acceptors (Lipinski definition) is 2. The van der Waals surface area contributed by atoms with E-state index >= 15 is 0 Å². The maximum atomic E-state index is 7.97. The number of nitriles is 2. The molecule has 0 spiro atoms. The first-order valence-corrected chi connectivity index (χ1v) is 1.72. The molecule has 0 rings (SSSR count). The molecule has 0 aromatic heterocycles. The SMILES string of the molecule is [C-]#[N+]/C(C#N)=C/C#N. The second-order valence-corrected chi connectivity index (χ2v) is 0.882. The van der Waals surface area contributed by atoms with Gasteiger partial charge in [0.05, 0.1) is 18.7 Å². The summed E-state index contributed by atoms with van der Waals surface area (Å²) in [6.07, 6.45) is 0.910. The van der Waals surface area contributed by atoms with Gasteiger partial charge in [-0.1, -0.05) is 0 Å². The molecule has 0 saturated heterocycles. The van der Waals surface area contributed by atoms with Crippen LogP contribution in [-0.4, -0.2) is 0 Å². The Morgan fingerprint density at radius 2 is 2.25 bits per heavy atom. The average Bonchev–Trinajstić information content (AvgIpc) is 1.83. The van der Waals surface area contributed by atoms with Crippen molar-refractivity contribution in [2.45, 2.75) is 0 Å². The first-order valence-electron chi connectivity index (χ1n) is 1.72. The third-order valence-electron chi connectivity index (χ3n) is 0.436. The van der Waals surface area contributed by atoms with Crippen molar-refractivity contribution in [3.8, 4) is 12.1 Å². The van der Waals surface area contributed by atoms with Gasteiger partial charge < -0.3 is 0 Å². The minimum Gasteiger partial charge on any atom is -0.226 e. The lowest BCUT2D eigenvalue weighted by Gasteiger charge is -1.66. The molecule has 0 radical (unpaired) electrons. The lowest BCUT2D eigenvalue weighted by molar-refractivity contribution is 1.48. The van der Waals surface area contributed by atoms with Gasteiger partial charge >= 0.3 is 0 Å². The molecule has 0 aliphatic rings. The van der Waals surface area contributed by atoms with E-state index in [0.29, 0.717) is 0 Å². The van der Waals surface area contributed by atoms with E-state index in [-0.39, 0.29) is 5.70 Å². The summed E-state index contributed by atoms with van der Waals surface area (Å²) in [6.45, 7) is 6.25. The Balaban J connectivity index is 4.28. The molecule has 8 heavy (non-hydrogen) atoms. The van der Waals surface area contributed by atoms with Gasteiger partial charge in [-0.25, -0.2) is 10.1 Å². The largest absolute Gasteiger partial charge is 0.272 e.